The third-order valence-electron chi connectivity index (χ3n) is 4.09. The molecule has 0 aromatic heterocycles. The van der Waals surface area contributed by atoms with Crippen molar-refractivity contribution in [2.45, 2.75) is 44.6 Å². The van der Waals surface area contributed by atoms with Gasteiger partial charge in [-0.15, -0.1) is 0 Å². The summed E-state index contributed by atoms with van der Waals surface area (Å²) in [6.07, 6.45) is 6.70. The van der Waals surface area contributed by atoms with Crippen LogP contribution in [0.25, 0.3) is 0 Å². The van der Waals surface area contributed by atoms with Crippen LogP contribution in [0, 0.1) is 5.82 Å². The zero-order valence-electron chi connectivity index (χ0n) is 10.1. The van der Waals surface area contributed by atoms with Gasteiger partial charge in [0.1, 0.15) is 5.82 Å². The molecule has 1 aliphatic heterocycles. The average molecular weight is 234 g/mol. The van der Waals surface area contributed by atoms with Gasteiger partial charge in [-0.3, -0.25) is 0 Å². The highest BCUT2D eigenvalue weighted by Crippen LogP contribution is 2.37. The molecule has 2 aliphatic rings. The van der Waals surface area contributed by atoms with E-state index < -0.39 is 0 Å². The monoisotopic (exact) mass is 234 g/mol. The van der Waals surface area contributed by atoms with E-state index in [2.05, 4.69) is 5.32 Å². The van der Waals surface area contributed by atoms with Gasteiger partial charge in [-0.05, 0) is 67.8 Å². The molecule has 0 saturated carbocycles. The Kier molecular flexibility index (Phi) is 2.79. The summed E-state index contributed by atoms with van der Waals surface area (Å²) in [7, 11) is 0. The van der Waals surface area contributed by atoms with Gasteiger partial charge in [-0.2, -0.15) is 0 Å². The van der Waals surface area contributed by atoms with Crippen molar-refractivity contribution in [3.05, 3.63) is 28.6 Å². The topological polar surface area (TPSA) is 38.0 Å². The Morgan fingerprint density at radius 1 is 1.24 bits per heavy atom. The lowest BCUT2D eigenvalue weighted by atomic mass is 9.84. The number of fused-ring (bicyclic) bond motifs is 1. The van der Waals surface area contributed by atoms with Gasteiger partial charge >= 0.3 is 0 Å². The molecule has 1 aromatic rings. The Morgan fingerprint density at radius 3 is 2.82 bits per heavy atom. The lowest BCUT2D eigenvalue weighted by molar-refractivity contribution is 0.587. The van der Waals surface area contributed by atoms with Crippen LogP contribution in [0.4, 0.5) is 10.1 Å². The number of nitrogens with one attached hydrogen (secondary N) is 1. The predicted molar refractivity (Wildman–Crippen MR) is 67.4 cm³/mol. The molecule has 1 aliphatic carbocycles. The smallest absolute Gasteiger partial charge is 0.146 e. The number of hydrogen-bond acceptors (Lipinski definition) is 2. The van der Waals surface area contributed by atoms with Crippen LogP contribution in [0.1, 0.15) is 48.4 Å². The minimum Gasteiger partial charge on any atom is -0.396 e. The summed E-state index contributed by atoms with van der Waals surface area (Å²) in [4.78, 5) is 0. The van der Waals surface area contributed by atoms with Crippen molar-refractivity contribution in [2.75, 3.05) is 12.3 Å². The molecule has 1 heterocycles. The summed E-state index contributed by atoms with van der Waals surface area (Å²) >= 11 is 0. The first kappa shape index (κ1) is 11.0. The van der Waals surface area contributed by atoms with Crippen LogP contribution in [-0.2, 0) is 12.8 Å². The molecular weight excluding hydrogens is 215 g/mol. The van der Waals surface area contributed by atoms with Gasteiger partial charge in [0.2, 0.25) is 0 Å². The van der Waals surface area contributed by atoms with Gasteiger partial charge in [0.25, 0.3) is 0 Å². The Balaban J connectivity index is 2.12. The largest absolute Gasteiger partial charge is 0.396 e. The van der Waals surface area contributed by atoms with E-state index in [-0.39, 0.29) is 11.9 Å². The summed E-state index contributed by atoms with van der Waals surface area (Å²) in [5, 5.41) is 3.44. The van der Waals surface area contributed by atoms with Crippen molar-refractivity contribution in [2.24, 2.45) is 0 Å². The van der Waals surface area contributed by atoms with E-state index in [1.54, 1.807) is 6.07 Å². The van der Waals surface area contributed by atoms with Gasteiger partial charge in [0, 0.05) is 6.04 Å². The van der Waals surface area contributed by atoms with Crippen molar-refractivity contribution in [3.63, 3.8) is 0 Å². The zero-order chi connectivity index (χ0) is 11.8. The van der Waals surface area contributed by atoms with E-state index in [9.17, 15) is 4.39 Å². The third kappa shape index (κ3) is 1.82. The van der Waals surface area contributed by atoms with Crippen LogP contribution >= 0.6 is 0 Å². The zero-order valence-corrected chi connectivity index (χ0v) is 10.1. The second-order valence-electron chi connectivity index (χ2n) is 5.18. The van der Waals surface area contributed by atoms with E-state index in [0.717, 1.165) is 37.8 Å². The number of aryl methyl sites for hydroxylation is 1. The molecule has 0 bridgehead atoms. The molecule has 1 fully saturated rings. The Bertz CT molecular complexity index is 436. The summed E-state index contributed by atoms with van der Waals surface area (Å²) < 4.78 is 13.9. The van der Waals surface area contributed by atoms with Crippen molar-refractivity contribution in [1.82, 2.24) is 5.32 Å². The molecule has 0 unspecified atom stereocenters. The Morgan fingerprint density at radius 2 is 2.06 bits per heavy atom. The molecule has 3 rings (SSSR count). The molecule has 3 N–H and O–H groups in total. The number of rotatable bonds is 1. The fourth-order valence-electron chi connectivity index (χ4n) is 3.25. The standard InChI is InChI=1S/C14H19FN2/c15-11-8-9-4-1-2-5-10(9)13(14(11)16)12-6-3-7-17-12/h8,12,17H,1-7,16H2/t12-/m0/s1. The Labute approximate surface area is 101 Å². The summed E-state index contributed by atoms with van der Waals surface area (Å²) in [5.41, 5.74) is 9.93. The fourth-order valence-corrected chi connectivity index (χ4v) is 3.25. The average Bonchev–Trinajstić information content (AvgIpc) is 2.84. The van der Waals surface area contributed by atoms with E-state index in [1.165, 1.54) is 24.0 Å². The van der Waals surface area contributed by atoms with Gasteiger partial charge < -0.3 is 11.1 Å². The predicted octanol–water partition coefficient (Wildman–Crippen LogP) is 2.71. The molecule has 1 saturated heterocycles. The number of benzene rings is 1. The van der Waals surface area contributed by atoms with E-state index >= 15 is 0 Å². The fraction of sp³-hybridized carbons (Fsp3) is 0.571. The first-order chi connectivity index (χ1) is 8.27. The third-order valence-corrected chi connectivity index (χ3v) is 4.09. The SMILES string of the molecule is Nc1c(F)cc2c(c1[C@@H]1CCCN1)CCCC2. The molecule has 92 valence electrons. The number of nitrogens with two attached hydrogens (primary N) is 1. The molecule has 0 radical (unpaired) electrons. The van der Waals surface area contributed by atoms with Crippen LogP contribution < -0.4 is 11.1 Å². The van der Waals surface area contributed by atoms with Crippen molar-refractivity contribution in [1.29, 1.82) is 0 Å². The number of halogens is 1. The highest BCUT2D eigenvalue weighted by atomic mass is 19.1. The lowest BCUT2D eigenvalue weighted by Crippen LogP contribution is -2.20. The minimum atomic E-state index is -0.227. The van der Waals surface area contributed by atoms with Crippen LogP contribution in [0.5, 0.6) is 0 Å². The van der Waals surface area contributed by atoms with Gasteiger partial charge in [-0.25, -0.2) is 4.39 Å². The maximum Gasteiger partial charge on any atom is 0.146 e. The minimum absolute atomic E-state index is 0.227. The van der Waals surface area contributed by atoms with E-state index in [0.29, 0.717) is 5.69 Å². The van der Waals surface area contributed by atoms with E-state index in [1.807, 2.05) is 0 Å². The first-order valence-electron chi connectivity index (χ1n) is 6.60. The maximum absolute atomic E-state index is 13.9. The molecule has 2 nitrogen and oxygen atoms in total. The number of nitrogen functional groups attached to an aromatic ring is 1. The van der Waals surface area contributed by atoms with Crippen LogP contribution in [0.3, 0.4) is 0 Å². The molecule has 1 atom stereocenters. The van der Waals surface area contributed by atoms with Crippen molar-refractivity contribution >= 4 is 5.69 Å². The highest BCUT2D eigenvalue weighted by Gasteiger charge is 2.26. The van der Waals surface area contributed by atoms with Crippen molar-refractivity contribution < 1.29 is 4.39 Å². The highest BCUT2D eigenvalue weighted by molar-refractivity contribution is 5.57. The number of hydrogen-bond donors (Lipinski definition) is 2. The molecule has 0 spiro atoms. The molecule has 3 heteroatoms. The molecule has 1 aromatic carbocycles. The normalized spacial score (nSPS) is 23.7. The summed E-state index contributed by atoms with van der Waals surface area (Å²) in [6, 6.07) is 1.93. The maximum atomic E-state index is 13.9. The Hall–Kier alpha value is -1.09. The second-order valence-corrected chi connectivity index (χ2v) is 5.18. The van der Waals surface area contributed by atoms with Crippen molar-refractivity contribution in [3.8, 4) is 0 Å². The molecule has 0 amide bonds. The van der Waals surface area contributed by atoms with Gasteiger partial charge in [-0.1, -0.05) is 0 Å². The molecule has 17 heavy (non-hydrogen) atoms. The quantitative estimate of drug-likeness (QED) is 0.733. The van der Waals surface area contributed by atoms with Crippen LogP contribution in [-0.4, -0.2) is 6.54 Å². The number of anilines is 1. The summed E-state index contributed by atoms with van der Waals surface area (Å²) in [5.74, 6) is -0.227. The van der Waals surface area contributed by atoms with E-state index in [4.69, 9.17) is 5.73 Å². The van der Waals surface area contributed by atoms with Crippen LogP contribution in [0.2, 0.25) is 0 Å². The summed E-state index contributed by atoms with van der Waals surface area (Å²) in [6.45, 7) is 1.02. The first-order valence-corrected chi connectivity index (χ1v) is 6.60. The lowest BCUT2D eigenvalue weighted by Gasteiger charge is -2.25. The molecular formula is C14H19FN2. The second kappa shape index (κ2) is 4.30. The van der Waals surface area contributed by atoms with Crippen LogP contribution in [0.15, 0.2) is 6.07 Å². The van der Waals surface area contributed by atoms with Gasteiger partial charge in [0.05, 0.1) is 5.69 Å². The van der Waals surface area contributed by atoms with Gasteiger partial charge in [0.15, 0.2) is 0 Å².